The van der Waals surface area contributed by atoms with Crippen LogP contribution in [0.4, 0.5) is 5.69 Å². The van der Waals surface area contributed by atoms with Crippen LogP contribution in [0.2, 0.25) is 0 Å². The molecular weight excluding hydrogens is 388 g/mol. The van der Waals surface area contributed by atoms with Gasteiger partial charge in [0, 0.05) is 23.7 Å². The number of para-hydroxylation sites is 1. The maximum atomic E-state index is 5.96. The van der Waals surface area contributed by atoms with Crippen LogP contribution in [0.5, 0.6) is 5.75 Å². The lowest BCUT2D eigenvalue weighted by atomic mass is 10.1. The molecule has 156 valence electrons. The van der Waals surface area contributed by atoms with E-state index in [2.05, 4.69) is 33.1 Å². The summed E-state index contributed by atoms with van der Waals surface area (Å²) >= 11 is 0. The lowest BCUT2D eigenvalue weighted by Gasteiger charge is -2.10. The Bertz CT molecular complexity index is 1190. The second-order valence-electron chi connectivity index (χ2n) is 7.05. The van der Waals surface area contributed by atoms with Crippen LogP contribution in [0.25, 0.3) is 10.9 Å². The average molecular weight is 414 g/mol. The Morgan fingerprint density at radius 1 is 0.935 bits per heavy atom. The molecule has 0 fully saturated rings. The molecule has 0 aliphatic heterocycles. The fraction of sp³-hybridized carbons (Fsp3) is 0.0833. The Morgan fingerprint density at radius 2 is 1.77 bits per heavy atom. The van der Waals surface area contributed by atoms with E-state index in [9.17, 15) is 0 Å². The van der Waals surface area contributed by atoms with E-state index in [1.807, 2.05) is 72.8 Å². The molecule has 0 aliphatic carbocycles. The van der Waals surface area contributed by atoms with E-state index >= 15 is 0 Å². The molecule has 0 spiro atoms. The number of nitrogens with zero attached hydrogens (tertiary/aromatic N) is 1. The van der Waals surface area contributed by atoms with Gasteiger partial charge in [-0.15, -0.1) is 0 Å². The van der Waals surface area contributed by atoms with Crippen LogP contribution in [-0.2, 0) is 13.2 Å². The fourth-order valence-corrected chi connectivity index (χ4v) is 3.20. The number of hydrazine groups is 2. The molecule has 0 atom stereocenters. The summed E-state index contributed by atoms with van der Waals surface area (Å²) < 4.78 is 5.96. The van der Waals surface area contributed by atoms with Crippen molar-refractivity contribution in [1.82, 2.24) is 10.5 Å². The molecule has 1 aromatic heterocycles. The molecule has 7 nitrogen and oxygen atoms in total. The Hall–Kier alpha value is -4.10. The number of nitrogens with one attached hydrogen (secondary N) is 3. The first-order valence-electron chi connectivity index (χ1n) is 9.96. The zero-order chi connectivity index (χ0) is 21.5. The normalized spacial score (nSPS) is 11.3. The van der Waals surface area contributed by atoms with E-state index in [4.69, 9.17) is 16.3 Å². The summed E-state index contributed by atoms with van der Waals surface area (Å²) in [6.45, 7) is 1.10. The number of nitrogens with two attached hydrogens (primary N) is 2. The number of hydrogen-bond donors (Lipinski definition) is 5. The fourth-order valence-electron chi connectivity index (χ4n) is 3.20. The van der Waals surface area contributed by atoms with Crippen molar-refractivity contribution in [2.75, 3.05) is 5.32 Å². The monoisotopic (exact) mass is 413 g/mol. The number of fused-ring (bicyclic) bond motifs is 1. The van der Waals surface area contributed by atoms with Gasteiger partial charge in [0.15, 0.2) is 0 Å². The molecule has 7 heteroatoms. The van der Waals surface area contributed by atoms with E-state index in [0.29, 0.717) is 19.0 Å². The van der Waals surface area contributed by atoms with Gasteiger partial charge in [-0.05, 0) is 42.0 Å². The first-order chi connectivity index (χ1) is 15.2. The second kappa shape index (κ2) is 9.60. The molecule has 4 rings (SSSR count). The smallest absolute Gasteiger partial charge is 0.297 e. The van der Waals surface area contributed by atoms with Gasteiger partial charge in [-0.3, -0.25) is 5.73 Å². The third kappa shape index (κ3) is 5.29. The van der Waals surface area contributed by atoms with Crippen LogP contribution in [0.1, 0.15) is 16.8 Å². The van der Waals surface area contributed by atoms with Gasteiger partial charge in [-0.2, -0.15) is 10.6 Å². The maximum Gasteiger partial charge on any atom is 0.297 e. The zero-order valence-electron chi connectivity index (χ0n) is 17.0. The molecule has 0 unspecified atom stereocenters. The molecule has 0 amide bonds. The van der Waals surface area contributed by atoms with Crippen molar-refractivity contribution < 1.29 is 9.84 Å². The van der Waals surface area contributed by atoms with Gasteiger partial charge in [0.05, 0.1) is 16.8 Å². The molecule has 4 aromatic rings. The highest BCUT2D eigenvalue weighted by atomic mass is 16.5. The molecule has 1 heterocycles. The van der Waals surface area contributed by atoms with Crippen LogP contribution in [0, 0.1) is 0 Å². The quantitative estimate of drug-likeness (QED) is 0.130. The minimum atomic E-state index is 0.416. The Balaban J connectivity index is 1.35. The molecule has 7 N–H and O–H groups in total. The van der Waals surface area contributed by atoms with Crippen LogP contribution in [0.3, 0.4) is 0 Å². The van der Waals surface area contributed by atoms with Gasteiger partial charge in [-0.1, -0.05) is 42.5 Å². The van der Waals surface area contributed by atoms with Gasteiger partial charge >= 0.3 is 0 Å². The van der Waals surface area contributed by atoms with Crippen LogP contribution in [-0.4, -0.2) is 10.8 Å². The lowest BCUT2D eigenvalue weighted by Crippen LogP contribution is -2.87. The number of nitrogen functional groups attached to an aromatic ring is 1. The first-order valence-corrected chi connectivity index (χ1v) is 9.96. The topological polar surface area (TPSA) is 112 Å². The van der Waals surface area contributed by atoms with Crippen molar-refractivity contribution in [1.29, 1.82) is 0 Å². The summed E-state index contributed by atoms with van der Waals surface area (Å²) in [7, 11) is 0. The van der Waals surface area contributed by atoms with E-state index in [-0.39, 0.29) is 0 Å². The average Bonchev–Trinajstić information content (AvgIpc) is 2.82. The second-order valence-corrected chi connectivity index (χ2v) is 7.05. The molecule has 0 bridgehead atoms. The minimum Gasteiger partial charge on any atom is -0.487 e. The number of aromatic nitrogens is 1. The van der Waals surface area contributed by atoms with Gasteiger partial charge < -0.3 is 10.1 Å². The number of benzene rings is 3. The molecular formula is C24H25N6O+. The molecule has 3 aromatic carbocycles. The Kier molecular flexibility index (Phi) is 6.25. The number of pyridine rings is 1. The maximum absolute atomic E-state index is 5.96. The molecule has 31 heavy (non-hydrogen) atoms. The molecule has 0 saturated carbocycles. The van der Waals surface area contributed by atoms with E-state index < -0.39 is 0 Å². The third-order valence-corrected chi connectivity index (χ3v) is 4.85. The first kappa shape index (κ1) is 20.2. The minimum absolute atomic E-state index is 0.416. The summed E-state index contributed by atoms with van der Waals surface area (Å²) in [5.74, 6) is 6.47. The highest BCUT2D eigenvalue weighted by Crippen LogP contribution is 2.20. The van der Waals surface area contributed by atoms with E-state index in [1.165, 1.54) is 0 Å². The lowest BCUT2D eigenvalue weighted by molar-refractivity contribution is -0.528. The summed E-state index contributed by atoms with van der Waals surface area (Å²) in [6, 6.07) is 27.9. The molecule has 0 saturated heterocycles. The van der Waals surface area contributed by atoms with Crippen LogP contribution in [0.15, 0.2) is 84.9 Å². The number of hydrogen-bond acceptors (Lipinski definition) is 5. The number of rotatable bonds is 8. The van der Waals surface area contributed by atoms with Gasteiger partial charge in [0.2, 0.25) is 0 Å². The molecule has 0 radical (unpaired) electrons. The number of anilines is 1. The van der Waals surface area contributed by atoms with Crippen molar-refractivity contribution in [3.8, 4) is 5.75 Å². The highest BCUT2D eigenvalue weighted by Gasteiger charge is 2.04. The summed E-state index contributed by atoms with van der Waals surface area (Å²) in [5.41, 5.74) is 13.0. The summed E-state index contributed by atoms with van der Waals surface area (Å²) in [6.07, 6.45) is 0. The van der Waals surface area contributed by atoms with Gasteiger partial charge in [0.25, 0.3) is 5.84 Å². The standard InChI is InChI=1S/C24H24N6O/c25-24(29-30-26)19-10-8-17(9-11-19)15-27-20-5-3-6-22(14-20)31-16-21-13-12-18-4-1-2-7-23(18)28-21/h1-14,27,30H,15-16,26H2,(H2,25,29)/p+1. The van der Waals surface area contributed by atoms with Crippen molar-refractivity contribution in [2.24, 2.45) is 11.6 Å². The summed E-state index contributed by atoms with van der Waals surface area (Å²) in [4.78, 5) is 4.65. The Morgan fingerprint density at radius 3 is 2.61 bits per heavy atom. The van der Waals surface area contributed by atoms with Crippen LogP contribution < -0.4 is 32.3 Å². The highest BCUT2D eigenvalue weighted by molar-refractivity contribution is 5.92. The van der Waals surface area contributed by atoms with Gasteiger partial charge in [-0.25, -0.2) is 10.8 Å². The largest absolute Gasteiger partial charge is 0.487 e. The third-order valence-electron chi connectivity index (χ3n) is 4.85. The predicted octanol–water partition coefficient (Wildman–Crippen LogP) is 1.59. The molecule has 0 aliphatic rings. The van der Waals surface area contributed by atoms with Crippen molar-refractivity contribution >= 4 is 22.4 Å². The van der Waals surface area contributed by atoms with E-state index in [1.54, 1.807) is 0 Å². The van der Waals surface area contributed by atoms with Crippen molar-refractivity contribution in [3.63, 3.8) is 0 Å². The summed E-state index contributed by atoms with van der Waals surface area (Å²) in [5, 5.41) is 7.21. The predicted molar refractivity (Wildman–Crippen MR) is 123 cm³/mol. The van der Waals surface area contributed by atoms with Crippen LogP contribution >= 0.6 is 0 Å². The number of hydrazone groups is 1. The Labute approximate surface area is 180 Å². The van der Waals surface area contributed by atoms with Gasteiger partial charge in [0.1, 0.15) is 12.4 Å². The van der Waals surface area contributed by atoms with Crippen molar-refractivity contribution in [3.05, 3.63) is 102 Å². The SMILES string of the molecule is NN/[NH+]=C(\N)c1ccc(CNc2cccc(OCc3ccc4ccccc4n3)c2)cc1. The van der Waals surface area contributed by atoms with Crippen molar-refractivity contribution in [2.45, 2.75) is 13.2 Å². The number of ether oxygens (including phenoxy) is 1. The zero-order valence-corrected chi connectivity index (χ0v) is 17.0. The number of amidine groups is 1. The van der Waals surface area contributed by atoms with E-state index in [0.717, 1.165) is 39.2 Å².